The Morgan fingerprint density at radius 2 is 2.15 bits per heavy atom. The molecular weight excluding hydrogens is 252 g/mol. The van der Waals surface area contributed by atoms with Crippen molar-refractivity contribution in [1.82, 2.24) is 10.3 Å². The van der Waals surface area contributed by atoms with E-state index in [0.29, 0.717) is 13.2 Å². The highest BCUT2D eigenvalue weighted by Crippen LogP contribution is 2.25. The average molecular weight is 272 g/mol. The zero-order chi connectivity index (χ0) is 13.8. The molecule has 1 unspecified atom stereocenters. The molecule has 4 nitrogen and oxygen atoms in total. The molecule has 1 N–H and O–H groups in total. The highest BCUT2D eigenvalue weighted by atomic mass is 16.7. The standard InChI is InChI=1S/C16H20N2O2/c1-2-17-15(11-16-19-8-9-20-16)13-5-6-14-12(10-13)4-3-7-18-14/h3-7,10,15-17H,2,8-9,11H2,1H3. The van der Waals surface area contributed by atoms with Gasteiger partial charge in [-0.3, -0.25) is 4.98 Å². The van der Waals surface area contributed by atoms with Gasteiger partial charge in [0.15, 0.2) is 6.29 Å². The molecule has 1 aliphatic rings. The van der Waals surface area contributed by atoms with Crippen LogP contribution in [0.1, 0.15) is 24.9 Å². The fourth-order valence-electron chi connectivity index (χ4n) is 2.63. The lowest BCUT2D eigenvalue weighted by molar-refractivity contribution is -0.0529. The number of nitrogens with one attached hydrogen (secondary N) is 1. The summed E-state index contributed by atoms with van der Waals surface area (Å²) in [7, 11) is 0. The summed E-state index contributed by atoms with van der Waals surface area (Å²) < 4.78 is 11.1. The van der Waals surface area contributed by atoms with Gasteiger partial charge in [-0.05, 0) is 30.3 Å². The molecule has 0 aliphatic carbocycles. The van der Waals surface area contributed by atoms with E-state index in [2.05, 4.69) is 41.5 Å². The number of pyridine rings is 1. The summed E-state index contributed by atoms with van der Waals surface area (Å²) in [4.78, 5) is 4.36. The van der Waals surface area contributed by atoms with Crippen molar-refractivity contribution in [2.75, 3.05) is 19.8 Å². The van der Waals surface area contributed by atoms with Gasteiger partial charge in [0.2, 0.25) is 0 Å². The van der Waals surface area contributed by atoms with E-state index in [1.165, 1.54) is 10.9 Å². The van der Waals surface area contributed by atoms with Crippen LogP contribution in [0, 0.1) is 0 Å². The Morgan fingerprint density at radius 1 is 1.30 bits per heavy atom. The molecule has 1 saturated heterocycles. The third-order valence-corrected chi connectivity index (χ3v) is 3.60. The topological polar surface area (TPSA) is 43.4 Å². The van der Waals surface area contributed by atoms with E-state index in [-0.39, 0.29) is 12.3 Å². The third kappa shape index (κ3) is 2.98. The Bertz CT molecular complexity index is 567. The first kappa shape index (κ1) is 13.5. The minimum atomic E-state index is -0.0938. The van der Waals surface area contributed by atoms with E-state index in [1.807, 2.05) is 12.3 Å². The molecular formula is C16H20N2O2. The van der Waals surface area contributed by atoms with Crippen molar-refractivity contribution in [2.45, 2.75) is 25.7 Å². The van der Waals surface area contributed by atoms with Crippen LogP contribution in [0.2, 0.25) is 0 Å². The summed E-state index contributed by atoms with van der Waals surface area (Å²) in [6.45, 7) is 4.44. The minimum absolute atomic E-state index is 0.0938. The number of nitrogens with zero attached hydrogens (tertiary/aromatic N) is 1. The van der Waals surface area contributed by atoms with Crippen molar-refractivity contribution < 1.29 is 9.47 Å². The average Bonchev–Trinajstić information content (AvgIpc) is 2.99. The van der Waals surface area contributed by atoms with Crippen LogP contribution < -0.4 is 5.32 Å². The molecule has 1 atom stereocenters. The summed E-state index contributed by atoms with van der Waals surface area (Å²) >= 11 is 0. The maximum atomic E-state index is 5.56. The maximum absolute atomic E-state index is 5.56. The number of rotatable bonds is 5. The first-order chi connectivity index (χ1) is 9.86. The quantitative estimate of drug-likeness (QED) is 0.908. The van der Waals surface area contributed by atoms with Gasteiger partial charge in [0.1, 0.15) is 0 Å². The first-order valence-electron chi connectivity index (χ1n) is 7.18. The molecule has 2 heterocycles. The van der Waals surface area contributed by atoms with Crippen LogP contribution in [0.3, 0.4) is 0 Å². The zero-order valence-corrected chi connectivity index (χ0v) is 11.7. The zero-order valence-electron chi connectivity index (χ0n) is 11.7. The number of benzene rings is 1. The lowest BCUT2D eigenvalue weighted by Gasteiger charge is -2.21. The molecule has 1 aliphatic heterocycles. The molecule has 0 saturated carbocycles. The maximum Gasteiger partial charge on any atom is 0.159 e. The van der Waals surface area contributed by atoms with Crippen LogP contribution in [-0.4, -0.2) is 31.0 Å². The van der Waals surface area contributed by atoms with Gasteiger partial charge in [0.25, 0.3) is 0 Å². The van der Waals surface area contributed by atoms with Crippen LogP contribution in [0.5, 0.6) is 0 Å². The number of hydrogen-bond donors (Lipinski definition) is 1. The van der Waals surface area contributed by atoms with E-state index in [4.69, 9.17) is 9.47 Å². The van der Waals surface area contributed by atoms with E-state index >= 15 is 0 Å². The summed E-state index contributed by atoms with van der Waals surface area (Å²) in [6.07, 6.45) is 2.56. The van der Waals surface area contributed by atoms with Crippen molar-refractivity contribution >= 4 is 10.9 Å². The highest BCUT2D eigenvalue weighted by Gasteiger charge is 2.22. The van der Waals surface area contributed by atoms with E-state index < -0.39 is 0 Å². The molecule has 1 fully saturated rings. The van der Waals surface area contributed by atoms with Crippen LogP contribution in [0.4, 0.5) is 0 Å². The Labute approximate surface area is 119 Å². The molecule has 106 valence electrons. The number of fused-ring (bicyclic) bond motifs is 1. The van der Waals surface area contributed by atoms with Gasteiger partial charge in [-0.25, -0.2) is 0 Å². The number of hydrogen-bond acceptors (Lipinski definition) is 4. The Morgan fingerprint density at radius 3 is 2.95 bits per heavy atom. The predicted molar refractivity (Wildman–Crippen MR) is 78.5 cm³/mol. The Balaban J connectivity index is 1.83. The second-order valence-corrected chi connectivity index (χ2v) is 4.97. The number of ether oxygens (including phenoxy) is 2. The smallest absolute Gasteiger partial charge is 0.159 e. The molecule has 1 aromatic heterocycles. The highest BCUT2D eigenvalue weighted by molar-refractivity contribution is 5.79. The minimum Gasteiger partial charge on any atom is -0.350 e. The van der Waals surface area contributed by atoms with Crippen LogP contribution >= 0.6 is 0 Å². The van der Waals surface area contributed by atoms with Crippen LogP contribution in [-0.2, 0) is 9.47 Å². The number of aromatic nitrogens is 1. The van der Waals surface area contributed by atoms with Gasteiger partial charge in [-0.15, -0.1) is 0 Å². The summed E-state index contributed by atoms with van der Waals surface area (Å²) in [5.41, 5.74) is 2.28. The van der Waals surface area contributed by atoms with Crippen molar-refractivity contribution in [1.29, 1.82) is 0 Å². The van der Waals surface area contributed by atoms with Gasteiger partial charge in [0.05, 0.1) is 18.7 Å². The van der Waals surface area contributed by atoms with Crippen molar-refractivity contribution in [2.24, 2.45) is 0 Å². The first-order valence-corrected chi connectivity index (χ1v) is 7.18. The van der Waals surface area contributed by atoms with Gasteiger partial charge in [-0.2, -0.15) is 0 Å². The summed E-state index contributed by atoms with van der Waals surface area (Å²) in [5, 5.41) is 4.68. The van der Waals surface area contributed by atoms with Gasteiger partial charge in [0, 0.05) is 24.0 Å². The lowest BCUT2D eigenvalue weighted by atomic mass is 10.0. The normalized spacial score (nSPS) is 17.6. The van der Waals surface area contributed by atoms with Gasteiger partial charge < -0.3 is 14.8 Å². The van der Waals surface area contributed by atoms with Crippen molar-refractivity contribution in [3.05, 3.63) is 42.1 Å². The molecule has 3 rings (SSSR count). The molecule has 2 aromatic rings. The second-order valence-electron chi connectivity index (χ2n) is 4.97. The van der Waals surface area contributed by atoms with Crippen molar-refractivity contribution in [3.8, 4) is 0 Å². The van der Waals surface area contributed by atoms with E-state index in [1.54, 1.807) is 0 Å². The van der Waals surface area contributed by atoms with Crippen molar-refractivity contribution in [3.63, 3.8) is 0 Å². The molecule has 1 aromatic carbocycles. The van der Waals surface area contributed by atoms with Crippen LogP contribution in [0.25, 0.3) is 10.9 Å². The predicted octanol–water partition coefficient (Wildman–Crippen LogP) is 2.65. The SMILES string of the molecule is CCNC(CC1OCCO1)c1ccc2ncccc2c1. The van der Waals surface area contributed by atoms with Crippen LogP contribution in [0.15, 0.2) is 36.5 Å². The van der Waals surface area contributed by atoms with Gasteiger partial charge in [-0.1, -0.05) is 19.1 Å². The fraction of sp³-hybridized carbons (Fsp3) is 0.438. The molecule has 0 spiro atoms. The third-order valence-electron chi connectivity index (χ3n) is 3.60. The lowest BCUT2D eigenvalue weighted by Crippen LogP contribution is -2.25. The molecule has 0 amide bonds. The van der Waals surface area contributed by atoms with E-state index in [0.717, 1.165) is 18.5 Å². The molecule has 20 heavy (non-hydrogen) atoms. The second kappa shape index (κ2) is 6.31. The Hall–Kier alpha value is -1.49. The molecule has 0 bridgehead atoms. The molecule has 0 radical (unpaired) electrons. The fourth-order valence-corrected chi connectivity index (χ4v) is 2.63. The Kier molecular flexibility index (Phi) is 4.25. The monoisotopic (exact) mass is 272 g/mol. The van der Waals surface area contributed by atoms with Gasteiger partial charge >= 0.3 is 0 Å². The molecule has 4 heteroatoms. The summed E-state index contributed by atoms with van der Waals surface area (Å²) in [5.74, 6) is 0. The largest absolute Gasteiger partial charge is 0.350 e. The summed E-state index contributed by atoms with van der Waals surface area (Å²) in [6, 6.07) is 10.7. The van der Waals surface area contributed by atoms with E-state index in [9.17, 15) is 0 Å².